The van der Waals surface area contributed by atoms with Gasteiger partial charge in [-0.3, -0.25) is 4.79 Å². The van der Waals surface area contributed by atoms with Crippen LogP contribution >= 0.6 is 23.1 Å². The van der Waals surface area contributed by atoms with E-state index in [0.717, 1.165) is 27.5 Å². The largest absolute Gasteiger partial charge is 0.416 e. The second-order valence-corrected chi connectivity index (χ2v) is 8.57. The van der Waals surface area contributed by atoms with Gasteiger partial charge in [0.05, 0.1) is 15.8 Å². The molecule has 4 nitrogen and oxygen atoms in total. The van der Waals surface area contributed by atoms with Gasteiger partial charge in [-0.05, 0) is 48.7 Å². The van der Waals surface area contributed by atoms with Gasteiger partial charge in [0.25, 0.3) is 5.91 Å². The van der Waals surface area contributed by atoms with E-state index in [0.29, 0.717) is 26.2 Å². The summed E-state index contributed by atoms with van der Waals surface area (Å²) in [4.78, 5) is 22.3. The second-order valence-electron chi connectivity index (χ2n) is 6.68. The molecule has 0 saturated carbocycles. The number of halogens is 3. The summed E-state index contributed by atoms with van der Waals surface area (Å²) in [6.45, 7) is 2.29. The Balaban J connectivity index is 1.42. The molecule has 1 amide bonds. The van der Waals surface area contributed by atoms with Gasteiger partial charge in [0.1, 0.15) is 0 Å². The van der Waals surface area contributed by atoms with Crippen molar-refractivity contribution in [3.05, 3.63) is 53.6 Å². The lowest BCUT2D eigenvalue weighted by atomic mass is 10.1. The molecule has 1 aliphatic rings. The van der Waals surface area contributed by atoms with Crippen molar-refractivity contribution in [2.75, 3.05) is 37.3 Å². The number of nitrogens with zero attached hydrogens (tertiary/aromatic N) is 3. The molecule has 0 N–H and O–H groups in total. The third kappa shape index (κ3) is 4.20. The Labute approximate surface area is 174 Å². The van der Waals surface area contributed by atoms with E-state index in [1.807, 2.05) is 12.3 Å². The van der Waals surface area contributed by atoms with Crippen molar-refractivity contribution in [2.24, 2.45) is 0 Å². The second kappa shape index (κ2) is 7.87. The first-order chi connectivity index (χ1) is 13.8. The van der Waals surface area contributed by atoms with Crippen molar-refractivity contribution >= 4 is 44.4 Å². The molecule has 3 aromatic rings. The molecule has 9 heteroatoms. The third-order valence-electron chi connectivity index (χ3n) is 4.88. The molecule has 0 unspecified atom stereocenters. The van der Waals surface area contributed by atoms with Gasteiger partial charge in [-0.15, -0.1) is 11.8 Å². The molecule has 1 aliphatic heterocycles. The number of hydrogen-bond acceptors (Lipinski definition) is 5. The summed E-state index contributed by atoms with van der Waals surface area (Å²) in [5, 5.41) is 0.930. The van der Waals surface area contributed by atoms with Crippen LogP contribution in [0.1, 0.15) is 15.9 Å². The quantitative estimate of drug-likeness (QED) is 0.541. The van der Waals surface area contributed by atoms with Crippen LogP contribution in [0.2, 0.25) is 0 Å². The Kier molecular flexibility index (Phi) is 5.44. The van der Waals surface area contributed by atoms with E-state index in [4.69, 9.17) is 4.98 Å². The maximum Gasteiger partial charge on any atom is 0.416 e. The monoisotopic (exact) mass is 437 g/mol. The van der Waals surface area contributed by atoms with Crippen LogP contribution in [0.3, 0.4) is 0 Å². The van der Waals surface area contributed by atoms with E-state index in [2.05, 4.69) is 17.0 Å². The van der Waals surface area contributed by atoms with E-state index in [1.165, 1.54) is 17.0 Å². The zero-order valence-electron chi connectivity index (χ0n) is 15.6. The number of amides is 1. The normalized spacial score (nSPS) is 15.2. The summed E-state index contributed by atoms with van der Waals surface area (Å²) in [5.74, 6) is -0.243. The number of rotatable bonds is 3. The van der Waals surface area contributed by atoms with Gasteiger partial charge in [0.15, 0.2) is 5.13 Å². The van der Waals surface area contributed by atoms with Crippen molar-refractivity contribution in [1.82, 2.24) is 9.88 Å². The molecule has 1 fully saturated rings. The molecule has 0 bridgehead atoms. The molecule has 0 spiro atoms. The standard InChI is InChI=1S/C20H18F3N3OS2/c1-28-15-6-7-16-17(12-15)29-19(24-16)26-10-8-25(9-11-26)18(27)13-2-4-14(5-3-13)20(21,22)23/h2-7,12H,8-11H2,1H3. The fraction of sp³-hybridized carbons (Fsp3) is 0.300. The SMILES string of the molecule is CSc1ccc2nc(N3CCN(C(=O)c4ccc(C(F)(F)F)cc4)CC3)sc2c1. The highest BCUT2D eigenvalue weighted by molar-refractivity contribution is 7.98. The average molecular weight is 438 g/mol. The molecule has 2 heterocycles. The summed E-state index contributed by atoms with van der Waals surface area (Å²) in [6.07, 6.45) is -2.36. The van der Waals surface area contributed by atoms with Crippen LogP contribution in [0, 0.1) is 0 Å². The Morgan fingerprint density at radius 1 is 1.07 bits per heavy atom. The first-order valence-corrected chi connectivity index (χ1v) is 11.1. The fourth-order valence-electron chi connectivity index (χ4n) is 3.24. The number of alkyl halides is 3. The molecular formula is C20H18F3N3OS2. The number of thioether (sulfide) groups is 1. The van der Waals surface area contributed by atoms with E-state index < -0.39 is 11.7 Å². The minimum Gasteiger partial charge on any atom is -0.345 e. The van der Waals surface area contributed by atoms with Gasteiger partial charge in [-0.2, -0.15) is 13.2 Å². The van der Waals surface area contributed by atoms with E-state index in [1.54, 1.807) is 28.0 Å². The number of fused-ring (bicyclic) bond motifs is 1. The van der Waals surface area contributed by atoms with Crippen molar-refractivity contribution in [3.8, 4) is 0 Å². The van der Waals surface area contributed by atoms with Crippen molar-refractivity contribution in [2.45, 2.75) is 11.1 Å². The molecule has 29 heavy (non-hydrogen) atoms. The van der Waals surface area contributed by atoms with Gasteiger partial charge >= 0.3 is 6.18 Å². The lowest BCUT2D eigenvalue weighted by Crippen LogP contribution is -2.48. The number of piperazine rings is 1. The molecular weight excluding hydrogens is 419 g/mol. The fourth-order valence-corrected chi connectivity index (χ4v) is 4.81. The van der Waals surface area contributed by atoms with Gasteiger partial charge in [0, 0.05) is 36.6 Å². The average Bonchev–Trinajstić information content (AvgIpc) is 3.16. The highest BCUT2D eigenvalue weighted by atomic mass is 32.2. The van der Waals surface area contributed by atoms with E-state index in [-0.39, 0.29) is 11.5 Å². The van der Waals surface area contributed by atoms with Crippen LogP contribution in [0.4, 0.5) is 18.3 Å². The van der Waals surface area contributed by atoms with Crippen LogP contribution in [0.15, 0.2) is 47.4 Å². The maximum absolute atomic E-state index is 12.7. The Morgan fingerprint density at radius 2 is 1.76 bits per heavy atom. The number of aromatic nitrogens is 1. The van der Waals surface area contributed by atoms with Gasteiger partial charge < -0.3 is 9.80 Å². The third-order valence-corrected chi connectivity index (χ3v) is 6.69. The Morgan fingerprint density at radius 3 is 2.38 bits per heavy atom. The van der Waals surface area contributed by atoms with Crippen LogP contribution in [0.5, 0.6) is 0 Å². The topological polar surface area (TPSA) is 36.4 Å². The minimum atomic E-state index is -4.40. The summed E-state index contributed by atoms with van der Waals surface area (Å²) >= 11 is 3.33. The number of thiazole rings is 1. The van der Waals surface area contributed by atoms with Gasteiger partial charge in [-0.1, -0.05) is 11.3 Å². The van der Waals surface area contributed by atoms with Gasteiger partial charge in [0.2, 0.25) is 0 Å². The van der Waals surface area contributed by atoms with E-state index >= 15 is 0 Å². The number of hydrogen-bond donors (Lipinski definition) is 0. The summed E-state index contributed by atoms with van der Waals surface area (Å²) < 4.78 is 39.2. The number of benzene rings is 2. The molecule has 152 valence electrons. The van der Waals surface area contributed by atoms with Crippen molar-refractivity contribution in [1.29, 1.82) is 0 Å². The lowest BCUT2D eigenvalue weighted by molar-refractivity contribution is -0.137. The van der Waals surface area contributed by atoms with Gasteiger partial charge in [-0.25, -0.2) is 4.98 Å². The number of carbonyl (C=O) groups excluding carboxylic acids is 1. The smallest absolute Gasteiger partial charge is 0.345 e. The van der Waals surface area contributed by atoms with E-state index in [9.17, 15) is 18.0 Å². The first kappa shape index (κ1) is 20.0. The summed E-state index contributed by atoms with van der Waals surface area (Å²) in [5.41, 5.74) is 0.487. The molecule has 1 aromatic heterocycles. The predicted molar refractivity (Wildman–Crippen MR) is 111 cm³/mol. The van der Waals surface area contributed by atoms with Crippen molar-refractivity contribution in [3.63, 3.8) is 0 Å². The van der Waals surface area contributed by atoms with Crippen LogP contribution in [0.25, 0.3) is 10.2 Å². The predicted octanol–water partition coefficient (Wildman–Crippen LogP) is 5.00. The minimum absolute atomic E-state index is 0.243. The Hall–Kier alpha value is -2.26. The zero-order valence-corrected chi connectivity index (χ0v) is 17.2. The maximum atomic E-state index is 12.7. The van der Waals surface area contributed by atoms with Crippen LogP contribution in [-0.2, 0) is 6.18 Å². The molecule has 0 aliphatic carbocycles. The number of carbonyl (C=O) groups is 1. The van der Waals surface area contributed by atoms with Crippen LogP contribution in [-0.4, -0.2) is 48.2 Å². The summed E-state index contributed by atoms with van der Waals surface area (Å²) in [6, 6.07) is 10.6. The molecule has 0 radical (unpaired) electrons. The Bertz CT molecular complexity index is 1030. The van der Waals surface area contributed by atoms with Crippen LogP contribution < -0.4 is 4.90 Å². The van der Waals surface area contributed by atoms with Crippen molar-refractivity contribution < 1.29 is 18.0 Å². The first-order valence-electron chi connectivity index (χ1n) is 9.01. The zero-order chi connectivity index (χ0) is 20.6. The number of anilines is 1. The molecule has 2 aromatic carbocycles. The highest BCUT2D eigenvalue weighted by Crippen LogP contribution is 2.32. The highest BCUT2D eigenvalue weighted by Gasteiger charge is 2.31. The molecule has 0 atom stereocenters. The lowest BCUT2D eigenvalue weighted by Gasteiger charge is -2.34. The molecule has 4 rings (SSSR count). The summed E-state index contributed by atoms with van der Waals surface area (Å²) in [7, 11) is 0. The molecule has 1 saturated heterocycles.